The van der Waals surface area contributed by atoms with E-state index in [1.807, 2.05) is 0 Å². The van der Waals surface area contributed by atoms with Gasteiger partial charge in [-0.25, -0.2) is 4.79 Å². The summed E-state index contributed by atoms with van der Waals surface area (Å²) in [4.78, 5) is 23.7. The fourth-order valence-corrected chi connectivity index (χ4v) is 3.03. The topological polar surface area (TPSA) is 76.7 Å². The number of benzene rings is 2. The van der Waals surface area contributed by atoms with Crippen LogP contribution in [0.25, 0.3) is 21.9 Å². The summed E-state index contributed by atoms with van der Waals surface area (Å²) in [5.41, 5.74) is 1.10. The zero-order valence-electron chi connectivity index (χ0n) is 11.1. The van der Waals surface area contributed by atoms with Crippen molar-refractivity contribution in [2.75, 3.05) is 0 Å². The molecular weight excluding hydrogens is 308 g/mol. The number of carboxylic acids is 1. The lowest BCUT2D eigenvalue weighted by Crippen LogP contribution is -2.24. The minimum Gasteiger partial charge on any atom is -0.478 e. The Balaban J connectivity index is 2.08. The van der Waals surface area contributed by atoms with Crippen molar-refractivity contribution < 1.29 is 19.1 Å². The van der Waals surface area contributed by atoms with Crippen molar-refractivity contribution in [2.45, 2.75) is 12.5 Å². The molecule has 0 bridgehead atoms. The average Bonchev–Trinajstić information content (AvgIpc) is 2.92. The van der Waals surface area contributed by atoms with Gasteiger partial charge in [-0.15, -0.1) is 0 Å². The van der Waals surface area contributed by atoms with Crippen LogP contribution in [-0.4, -0.2) is 17.2 Å². The van der Waals surface area contributed by atoms with Crippen LogP contribution in [0.2, 0.25) is 5.02 Å². The van der Waals surface area contributed by atoms with Gasteiger partial charge in [-0.05, 0) is 24.3 Å². The quantitative estimate of drug-likeness (QED) is 0.698. The number of carbonyl (C=O) groups is 1. The fraction of sp³-hybridized carbons (Fsp3) is 0.125. The van der Waals surface area contributed by atoms with E-state index in [-0.39, 0.29) is 11.8 Å². The average molecular weight is 317 g/mol. The number of halogens is 1. The highest BCUT2D eigenvalue weighted by atomic mass is 35.5. The minimum atomic E-state index is -1.05. The molecule has 4 rings (SSSR count). The number of fused-ring (bicyclic) bond motifs is 4. The first-order chi connectivity index (χ1) is 10.6. The maximum absolute atomic E-state index is 12.6. The van der Waals surface area contributed by atoms with Crippen molar-refractivity contribution in [2.24, 2.45) is 0 Å². The normalized spacial score (nSPS) is 16.7. The van der Waals surface area contributed by atoms with Gasteiger partial charge in [0, 0.05) is 12.0 Å². The number of hydrogen-bond donors (Lipinski definition) is 1. The molecule has 0 spiro atoms. The predicted octanol–water partition coefficient (Wildman–Crippen LogP) is 2.99. The van der Waals surface area contributed by atoms with E-state index < -0.39 is 12.1 Å². The number of rotatable bonds is 1. The molecule has 110 valence electrons. The van der Waals surface area contributed by atoms with Crippen molar-refractivity contribution in [3.05, 3.63) is 51.1 Å². The summed E-state index contributed by atoms with van der Waals surface area (Å²) in [5.74, 6) is -0.611. The smallest absolute Gasteiger partial charge is 0.345 e. The van der Waals surface area contributed by atoms with Crippen LogP contribution in [-0.2, 0) is 11.2 Å². The molecule has 1 atom stereocenters. The van der Waals surface area contributed by atoms with E-state index in [2.05, 4.69) is 0 Å². The first kappa shape index (κ1) is 13.2. The van der Waals surface area contributed by atoms with E-state index in [4.69, 9.17) is 25.9 Å². The van der Waals surface area contributed by atoms with Crippen LogP contribution in [0.5, 0.6) is 5.75 Å². The van der Waals surface area contributed by atoms with Crippen LogP contribution in [0, 0.1) is 0 Å². The van der Waals surface area contributed by atoms with Gasteiger partial charge in [0.2, 0.25) is 5.43 Å². The minimum absolute atomic E-state index is 0.164. The Hall–Kier alpha value is -2.53. The van der Waals surface area contributed by atoms with Gasteiger partial charge in [-0.3, -0.25) is 4.79 Å². The predicted molar refractivity (Wildman–Crippen MR) is 80.8 cm³/mol. The van der Waals surface area contributed by atoms with Crippen LogP contribution < -0.4 is 10.2 Å². The lowest BCUT2D eigenvalue weighted by atomic mass is 10.0. The summed E-state index contributed by atoms with van der Waals surface area (Å²) in [6, 6.07) is 8.15. The van der Waals surface area contributed by atoms with Crippen LogP contribution in [0.4, 0.5) is 0 Å². The highest BCUT2D eigenvalue weighted by Crippen LogP contribution is 2.36. The number of aliphatic carboxylic acids is 1. The molecular formula is C16H9ClO5. The molecule has 0 saturated carbocycles. The van der Waals surface area contributed by atoms with E-state index in [1.54, 1.807) is 30.3 Å². The molecule has 5 nitrogen and oxygen atoms in total. The number of hydrogen-bond acceptors (Lipinski definition) is 4. The van der Waals surface area contributed by atoms with Crippen molar-refractivity contribution in [3.8, 4) is 5.75 Å². The lowest BCUT2D eigenvalue weighted by Gasteiger charge is -2.05. The molecule has 1 unspecified atom stereocenters. The molecule has 3 aromatic rings. The van der Waals surface area contributed by atoms with Crippen LogP contribution in [0.15, 0.2) is 39.5 Å². The Morgan fingerprint density at radius 2 is 2.09 bits per heavy atom. The summed E-state index contributed by atoms with van der Waals surface area (Å²) in [7, 11) is 0. The molecule has 6 heteroatoms. The van der Waals surface area contributed by atoms with Crippen LogP contribution in [0.3, 0.4) is 0 Å². The van der Waals surface area contributed by atoms with Crippen molar-refractivity contribution in [3.63, 3.8) is 0 Å². The summed E-state index contributed by atoms with van der Waals surface area (Å²) in [6.45, 7) is 0. The van der Waals surface area contributed by atoms with Crippen molar-refractivity contribution in [1.82, 2.24) is 0 Å². The second-order valence-electron chi connectivity index (χ2n) is 5.11. The molecule has 1 aliphatic heterocycles. The maximum Gasteiger partial charge on any atom is 0.345 e. The second kappa shape index (κ2) is 4.48. The second-order valence-corrected chi connectivity index (χ2v) is 5.52. The fourth-order valence-electron chi connectivity index (χ4n) is 2.78. The lowest BCUT2D eigenvalue weighted by molar-refractivity contribution is -0.144. The largest absolute Gasteiger partial charge is 0.478 e. The van der Waals surface area contributed by atoms with E-state index in [0.717, 1.165) is 0 Å². The van der Waals surface area contributed by atoms with Gasteiger partial charge in [-0.1, -0.05) is 17.7 Å². The highest BCUT2D eigenvalue weighted by molar-refractivity contribution is 6.35. The monoisotopic (exact) mass is 316 g/mol. The molecule has 0 radical (unpaired) electrons. The zero-order chi connectivity index (χ0) is 15.4. The van der Waals surface area contributed by atoms with Crippen LogP contribution >= 0.6 is 11.6 Å². The van der Waals surface area contributed by atoms with Crippen molar-refractivity contribution in [1.29, 1.82) is 0 Å². The third-order valence-corrected chi connectivity index (χ3v) is 4.13. The molecule has 2 aromatic carbocycles. The molecule has 0 fully saturated rings. The van der Waals surface area contributed by atoms with E-state index >= 15 is 0 Å². The number of ether oxygens (including phenoxy) is 1. The SMILES string of the molecule is O=C(O)C1Cc2c(ccc3c(=O)c4c(Cl)cccc4oc23)O1. The molecule has 1 N–H and O–H groups in total. The molecule has 2 heterocycles. The Kier molecular flexibility index (Phi) is 2.68. The summed E-state index contributed by atoms with van der Waals surface area (Å²) < 4.78 is 11.2. The molecule has 22 heavy (non-hydrogen) atoms. The standard InChI is InChI=1S/C16H9ClO5/c17-9-2-1-3-11-13(9)14(18)7-4-5-10-8(15(7)22-11)6-12(21-10)16(19)20/h1-5,12H,6H2,(H,19,20). The van der Waals surface area contributed by atoms with Gasteiger partial charge in [-0.2, -0.15) is 0 Å². The van der Waals surface area contributed by atoms with Crippen LogP contribution in [0.1, 0.15) is 5.56 Å². The molecule has 0 amide bonds. The van der Waals surface area contributed by atoms with E-state index in [1.165, 1.54) is 0 Å². The van der Waals surface area contributed by atoms with Gasteiger partial charge in [0.1, 0.15) is 16.9 Å². The molecule has 1 aliphatic rings. The third-order valence-electron chi connectivity index (χ3n) is 3.81. The third kappa shape index (κ3) is 1.72. The van der Waals surface area contributed by atoms with Gasteiger partial charge in [0.25, 0.3) is 0 Å². The van der Waals surface area contributed by atoms with Gasteiger partial charge in [0.05, 0.1) is 15.8 Å². The summed E-state index contributed by atoms with van der Waals surface area (Å²) in [5, 5.41) is 10.1. The zero-order valence-corrected chi connectivity index (χ0v) is 11.9. The Morgan fingerprint density at radius 3 is 2.86 bits per heavy atom. The summed E-state index contributed by atoms with van der Waals surface area (Å²) >= 11 is 6.08. The molecule has 0 aliphatic carbocycles. The Labute approximate surface area is 128 Å². The Bertz CT molecular complexity index is 1000. The van der Waals surface area contributed by atoms with Crippen molar-refractivity contribution >= 4 is 39.5 Å². The number of carboxylic acid groups (broad SMARTS) is 1. The first-order valence-corrected chi connectivity index (χ1v) is 7.00. The maximum atomic E-state index is 12.6. The first-order valence-electron chi connectivity index (χ1n) is 6.62. The highest BCUT2D eigenvalue weighted by Gasteiger charge is 2.31. The Morgan fingerprint density at radius 1 is 1.27 bits per heavy atom. The van der Waals surface area contributed by atoms with Gasteiger partial charge >= 0.3 is 5.97 Å². The van der Waals surface area contributed by atoms with Gasteiger partial charge in [0.15, 0.2) is 6.10 Å². The summed E-state index contributed by atoms with van der Waals surface area (Å²) in [6.07, 6.45) is -0.794. The molecule has 1 aromatic heterocycles. The van der Waals surface area contributed by atoms with E-state index in [9.17, 15) is 9.59 Å². The molecule has 0 saturated heterocycles. The van der Waals surface area contributed by atoms with Gasteiger partial charge < -0.3 is 14.3 Å². The van der Waals surface area contributed by atoms with E-state index in [0.29, 0.717) is 38.3 Å².